The second kappa shape index (κ2) is 501. The van der Waals surface area contributed by atoms with Crippen LogP contribution in [-0.4, -0.2) is 54.8 Å². The summed E-state index contributed by atoms with van der Waals surface area (Å²) in [6.07, 6.45) is 31.3. The zero-order valence-corrected chi connectivity index (χ0v) is 215. The number of pyridine rings is 2. The Morgan fingerprint density at radius 1 is 0.164 bits per heavy atom. The standard InChI is InChI=1S/C6H5.2C5H4N.3C4H3N2.C3H2N3.C2H6.13CH3.46W.7Y/c3*1-2-4-6-5-3-1;1-2-6-4-3-5-1;2*1-2-5-4-6-3-1;1-4-2-6-3-5-1;1-2;;;;;;;;;;;;;;;;;;;;;;;;;;;;;;;;;;;;;;;;;;;;;;;;;;;;;;;;;;;;;;;;;;/h1-5H;1-2,4-5H;1-4H;1-3H;1-2,4H;1-3H;1-2H;1-2H3;13*1H3;;;;;;;;;;;;;;;;;;;;;;;;;;;;;;;;;;;;;;;;;;;;;;;;;;;;;/q7*-1;;13*-1;;;;;;;;;;;;;;;;;;;;;;;;;;;;;;;;;;;;;;;;;;;;;;;;;;;;;. The van der Waals surface area contributed by atoms with E-state index in [2.05, 4.69) is 98.2 Å². The molecule has 0 saturated heterocycles. The van der Waals surface area contributed by atoms with E-state index in [0.29, 0.717) is 0 Å². The van der Waals surface area contributed by atoms with Gasteiger partial charge in [0.1, 0.15) is 0 Å². The Hall–Kier alpha value is 33.2. The van der Waals surface area contributed by atoms with E-state index < -0.39 is 0 Å². The minimum Gasteiger partial charge on any atom is -0.456 e. The predicted octanol–water partition coefficient (Wildman–Crippen LogP) is 10.5. The van der Waals surface area contributed by atoms with E-state index in [1.165, 1.54) is 25.2 Å². The van der Waals surface area contributed by atoms with Crippen LogP contribution in [0.4, 0.5) is 0 Å². The molecule has 6 aromatic heterocycles. The molecule has 1 aromatic carbocycles. The molecular weight excluding hydrogens is 9790 g/mol. The van der Waals surface area contributed by atoms with Gasteiger partial charge in [0.25, 0.3) is 0 Å². The van der Waals surface area contributed by atoms with Crippen LogP contribution in [0.1, 0.15) is 13.8 Å². The van der Waals surface area contributed by atoms with Crippen molar-refractivity contribution in [1.82, 2.24) is 54.8 Å². The number of rotatable bonds is 0. The van der Waals surface area contributed by atoms with Gasteiger partial charge in [-0.3, -0.25) is 0 Å². The summed E-state index contributed by atoms with van der Waals surface area (Å²) < 4.78 is 0. The minimum absolute atomic E-state index is 0. The van der Waals surface area contributed by atoms with Crippen LogP contribution < -0.4 is 0 Å². The van der Waals surface area contributed by atoms with E-state index in [-0.39, 0.29) is 1290 Å². The molecule has 0 amide bonds. The fourth-order valence-corrected chi connectivity index (χ4v) is 1.75. The molecule has 0 spiro atoms. The van der Waals surface area contributed by atoms with Crippen LogP contribution in [0.25, 0.3) is 0 Å². The summed E-state index contributed by atoms with van der Waals surface area (Å²) in [5.41, 5.74) is 0. The van der Waals surface area contributed by atoms with Gasteiger partial charge in [0.2, 0.25) is 0 Å². The molecule has 0 fully saturated rings. The maximum atomic E-state index is 3.73. The Labute approximate surface area is 1510 Å². The summed E-state index contributed by atoms with van der Waals surface area (Å²) in [6.45, 7) is 4.00. The number of nitrogens with zero attached hydrogens (tertiary/aromatic N) is 11. The molecule has 64 heteroatoms. The Morgan fingerprint density at radius 3 is 0.482 bits per heavy atom. The summed E-state index contributed by atoms with van der Waals surface area (Å²) in [6, 6.07) is 27.8. The molecular formula is C46H69N11W46Y7-20. The van der Waals surface area contributed by atoms with Crippen LogP contribution in [0.3, 0.4) is 0 Å². The molecule has 110 heavy (non-hydrogen) atoms. The van der Waals surface area contributed by atoms with Gasteiger partial charge in [-0.15, -0.1) is 24.5 Å². The van der Waals surface area contributed by atoms with E-state index in [1.807, 2.05) is 68.4 Å². The van der Waals surface area contributed by atoms with Gasteiger partial charge in [0.05, 0.1) is 0 Å². The van der Waals surface area contributed by atoms with Crippen molar-refractivity contribution in [2.75, 3.05) is 0 Å². The third kappa shape index (κ3) is 491. The van der Waals surface area contributed by atoms with E-state index in [1.54, 1.807) is 67.8 Å². The van der Waals surface area contributed by atoms with Crippen molar-refractivity contribution in [1.29, 1.82) is 0 Å². The van der Waals surface area contributed by atoms with Crippen molar-refractivity contribution in [2.24, 2.45) is 0 Å². The van der Waals surface area contributed by atoms with Crippen molar-refractivity contribution in [3.05, 3.63) is 287 Å². The van der Waals surface area contributed by atoms with Crippen LogP contribution in [0, 0.1) is 140 Å². The van der Waals surface area contributed by atoms with Crippen molar-refractivity contribution < 1.29 is 1200 Å². The van der Waals surface area contributed by atoms with Crippen LogP contribution in [0.15, 0.2) is 148 Å². The first-order valence-electron chi connectivity index (χ1n) is 12.8. The van der Waals surface area contributed by atoms with Gasteiger partial charge < -0.3 is 151 Å². The molecule has 0 saturated carbocycles. The number of hydrogen-bond acceptors (Lipinski definition) is 11. The maximum Gasteiger partial charge on any atom is 0.0241 e. The van der Waals surface area contributed by atoms with Gasteiger partial charge in [0, 0.05) is 1220 Å². The average molecular weight is 9860 g/mol. The fourth-order valence-electron chi connectivity index (χ4n) is 1.75. The fraction of sp³-hybridized carbons (Fsp3) is 0.0435. The summed E-state index contributed by atoms with van der Waals surface area (Å²) in [7, 11) is 0. The van der Waals surface area contributed by atoms with Gasteiger partial charge in [0.15, 0.2) is 0 Å². The largest absolute Gasteiger partial charge is 0.456 e. The molecule has 0 N–H and O–H groups in total. The third-order valence-corrected chi connectivity index (χ3v) is 3.31. The zero-order valence-electron chi connectivity index (χ0n) is 60.1. The van der Waals surface area contributed by atoms with E-state index in [9.17, 15) is 0 Å². The monoisotopic (exact) mass is 9860 g/mol. The van der Waals surface area contributed by atoms with Crippen molar-refractivity contribution in [3.63, 3.8) is 0 Å². The van der Waals surface area contributed by atoms with Gasteiger partial charge in [-0.1, -0.05) is 63.4 Å². The Balaban J connectivity index is -0.00000000273. The van der Waals surface area contributed by atoms with E-state index in [0.717, 1.165) is 0 Å². The van der Waals surface area contributed by atoms with Gasteiger partial charge in [-0.2, -0.15) is 60.7 Å². The summed E-state index contributed by atoms with van der Waals surface area (Å²) >= 11 is 0. The molecule has 0 aliphatic heterocycles. The maximum absolute atomic E-state index is 3.73. The second-order valence-corrected chi connectivity index (χ2v) is 6.25. The van der Waals surface area contributed by atoms with Crippen molar-refractivity contribution >= 4 is 0 Å². The van der Waals surface area contributed by atoms with Crippen LogP contribution in [0.5, 0.6) is 0 Å². The van der Waals surface area contributed by atoms with E-state index >= 15 is 0 Å². The van der Waals surface area contributed by atoms with Crippen LogP contribution >= 0.6 is 0 Å². The molecule has 0 aliphatic carbocycles. The van der Waals surface area contributed by atoms with E-state index in [4.69, 9.17) is 0 Å². The van der Waals surface area contributed by atoms with Crippen LogP contribution in [-0.2, 0) is 1200 Å². The molecule has 7 radical (unpaired) electrons. The van der Waals surface area contributed by atoms with Gasteiger partial charge >= 0.3 is 0 Å². The minimum atomic E-state index is 0. The van der Waals surface area contributed by atoms with Gasteiger partial charge in [-0.25, -0.2) is 12.1 Å². The molecule has 0 unspecified atom stereocenters. The molecule has 625 valence electrons. The predicted molar refractivity (Wildman–Crippen MR) is 247 cm³/mol. The third-order valence-electron chi connectivity index (χ3n) is 3.31. The molecule has 0 atom stereocenters. The number of hydrogen-bond donors (Lipinski definition) is 0. The summed E-state index contributed by atoms with van der Waals surface area (Å²) in [5, 5.41) is 0. The first-order chi connectivity index (χ1) is 22.0. The molecule has 6 heterocycles. The Kier molecular flexibility index (Phi) is 2270. The topological polar surface area (TPSA) is 142 Å². The molecule has 11 nitrogen and oxygen atoms in total. The first kappa shape index (κ1) is 499. The Bertz CT molecular complexity index is 993. The smallest absolute Gasteiger partial charge is 0.0241 e. The average Bonchev–Trinajstić information content (AvgIpc) is 3.19. The zero-order chi connectivity index (χ0) is 31.7. The van der Waals surface area contributed by atoms with Crippen molar-refractivity contribution in [3.8, 4) is 0 Å². The second-order valence-electron chi connectivity index (χ2n) is 6.25. The normalized spacial score (nSPS) is 3.11. The van der Waals surface area contributed by atoms with Crippen molar-refractivity contribution in [2.45, 2.75) is 13.8 Å². The Morgan fingerprint density at radius 2 is 0.418 bits per heavy atom. The SMILES string of the molecule is CC.[CH3-].[CH3-].[CH3-].[CH3-].[CH3-].[CH3-].[CH3-].[CH3-].[CH3-].[CH3-].[CH3-].[CH3-].[CH3-].[W].[W].[W].[W].[W].[W].[W].[W].[W].[W].[W].[W].[W].[W].[W].[W].[W].[W].[W].[W].[W].[W].[W].[W].[W].[W].[W].[W].[W].[W].[W].[W].[W].[W].[W].[W].[W].[W].[W].[W].[W].[W].[W].[W].[W].[W].[Y].[Y].[Y].[Y].[Y].[Y].[Y].[c-]1ccccc1.[c-]1ccccn1.[c-]1cccnc1.[c-]1ccncn1.[c-]1cnccn1.[c-]1ncccn1.[c-]1ncncn1. The molecule has 7 rings (SSSR count). The summed E-state index contributed by atoms with van der Waals surface area (Å²) in [4.78, 5) is 39.3. The molecule has 7 aromatic rings. The van der Waals surface area contributed by atoms with Crippen LogP contribution in [0.2, 0.25) is 0 Å². The van der Waals surface area contributed by atoms with Gasteiger partial charge in [-0.05, 0) is 18.7 Å². The molecule has 0 aliphatic rings. The number of benzene rings is 1. The first-order valence-corrected chi connectivity index (χ1v) is 12.8. The summed E-state index contributed by atoms with van der Waals surface area (Å²) in [5.74, 6) is 0. The quantitative estimate of drug-likeness (QED) is 0.134. The molecule has 0 bridgehead atoms. The number of aromatic nitrogens is 11.